The summed E-state index contributed by atoms with van der Waals surface area (Å²) in [5, 5.41) is 10.7. The van der Waals surface area contributed by atoms with Gasteiger partial charge in [0.2, 0.25) is 0 Å². The molecule has 1 aromatic heterocycles. The van der Waals surface area contributed by atoms with Crippen molar-refractivity contribution in [2.75, 3.05) is 0 Å². The van der Waals surface area contributed by atoms with Crippen LogP contribution in [-0.4, -0.2) is 14.1 Å². The Morgan fingerprint density at radius 3 is 1.16 bits per heavy atom. The molecule has 0 N–H and O–H groups in total. The predicted molar refractivity (Wildman–Crippen MR) is 303 cm³/mol. The molecule has 0 atom stereocenters. The first-order valence-corrected chi connectivity index (χ1v) is 26.6. The maximum atomic E-state index is 2.52. The van der Waals surface area contributed by atoms with Crippen LogP contribution >= 0.6 is 0 Å². The van der Waals surface area contributed by atoms with E-state index < -0.39 is 9.52 Å². The Kier molecular flexibility index (Phi) is 9.46. The average Bonchev–Trinajstić information content (AvgIpc) is 3.97. The average molecular weight is 905 g/mol. The molecule has 2 heteroatoms. The summed E-state index contributed by atoms with van der Waals surface area (Å²) in [6.07, 6.45) is 0. The zero-order valence-electron chi connectivity index (χ0n) is 38.8. The van der Waals surface area contributed by atoms with Gasteiger partial charge in [0.1, 0.15) is 0 Å². The van der Waals surface area contributed by atoms with Gasteiger partial charge in [0.25, 0.3) is 0 Å². The minimum absolute atomic E-state index is 1.21. The van der Waals surface area contributed by atoms with E-state index in [2.05, 4.69) is 265 Å². The Morgan fingerprint density at radius 2 is 0.614 bits per heavy atom. The van der Waals surface area contributed by atoms with Crippen LogP contribution in [0.1, 0.15) is 0 Å². The van der Waals surface area contributed by atoms with Gasteiger partial charge in [-0.05, 0) is 32.7 Å². The van der Waals surface area contributed by atoms with Crippen molar-refractivity contribution >= 4 is 63.2 Å². The molecule has 1 aliphatic heterocycles. The normalized spacial score (nSPS) is 12.1. The summed E-state index contributed by atoms with van der Waals surface area (Å²) in [4.78, 5) is 0. The number of aromatic nitrogens is 1. The van der Waals surface area contributed by atoms with E-state index in [0.29, 0.717) is 0 Å². The number of rotatable bonds is 7. The molecule has 0 spiro atoms. The number of hydrogen-bond donors (Lipinski definition) is 0. The monoisotopic (exact) mass is 904 g/mol. The van der Waals surface area contributed by atoms with Crippen molar-refractivity contribution in [1.29, 1.82) is 0 Å². The fourth-order valence-electron chi connectivity index (χ4n) is 11.7. The molecule has 0 unspecified atom stereocenters. The Balaban J connectivity index is 0.845. The van der Waals surface area contributed by atoms with Crippen LogP contribution in [0.4, 0.5) is 0 Å². The van der Waals surface area contributed by atoms with Crippen LogP contribution in [-0.2, 0) is 0 Å². The van der Waals surface area contributed by atoms with Gasteiger partial charge in [-0.15, -0.1) is 0 Å². The molecule has 0 saturated carbocycles. The van der Waals surface area contributed by atoms with E-state index in [-0.39, 0.29) is 0 Å². The van der Waals surface area contributed by atoms with Crippen LogP contribution in [0, 0.1) is 0 Å². The first-order chi connectivity index (χ1) is 34.7. The minimum atomic E-state index is -1.36. The van der Waals surface area contributed by atoms with Gasteiger partial charge in [0.15, 0.2) is 0 Å². The third kappa shape index (κ3) is 6.84. The van der Waals surface area contributed by atoms with Gasteiger partial charge in [-0.25, -0.2) is 0 Å². The van der Waals surface area contributed by atoms with Gasteiger partial charge >= 0.3 is 295 Å². The van der Waals surface area contributed by atoms with Crippen molar-refractivity contribution < 1.29 is 0 Å². The van der Waals surface area contributed by atoms with E-state index in [9.17, 15) is 0 Å². The van der Waals surface area contributed by atoms with E-state index in [1.54, 1.807) is 10.4 Å². The van der Waals surface area contributed by atoms with E-state index in [1.165, 1.54) is 127 Å². The molecule has 0 saturated heterocycles. The van der Waals surface area contributed by atoms with Gasteiger partial charge in [-0.2, -0.15) is 0 Å². The van der Waals surface area contributed by atoms with Crippen molar-refractivity contribution in [3.63, 3.8) is 0 Å². The van der Waals surface area contributed by atoms with Crippen LogP contribution in [0.2, 0.25) is 0 Å². The number of hydrogen-bond acceptors (Lipinski definition) is 0. The Morgan fingerprint density at radius 1 is 0.229 bits per heavy atom. The molecule has 0 fully saturated rings. The molecular weight excluding hydrogens is 859 g/mol. The fraction of sp³-hybridized carbons (Fsp3) is 0. The van der Waals surface area contributed by atoms with Crippen LogP contribution in [0.5, 0.6) is 0 Å². The second kappa shape index (κ2) is 16.5. The maximum absolute atomic E-state index is 2.52. The molecule has 13 aromatic rings. The topological polar surface area (TPSA) is 4.93 Å². The van der Waals surface area contributed by atoms with Crippen LogP contribution < -0.4 is 10.4 Å². The third-order valence-electron chi connectivity index (χ3n) is 15.3. The molecule has 0 bridgehead atoms. The van der Waals surface area contributed by atoms with E-state index in [0.717, 1.165) is 0 Å². The molecule has 0 amide bonds. The first-order valence-electron chi connectivity index (χ1n) is 24.6. The summed E-state index contributed by atoms with van der Waals surface area (Å²) < 4.78 is 2.51. The van der Waals surface area contributed by atoms with Crippen LogP contribution in [0.15, 0.2) is 261 Å². The Hall–Kier alpha value is -8.82. The Labute approximate surface area is 410 Å². The zero-order chi connectivity index (χ0) is 46.1. The van der Waals surface area contributed by atoms with E-state index in [4.69, 9.17) is 0 Å². The summed E-state index contributed by atoms with van der Waals surface area (Å²) in [5.41, 5.74) is 21.4. The Bertz CT molecular complexity index is 3970. The standard InChI is InChI=1S/C68H46NSi/c1-2-10-44(11-3-1)45-20-22-48(23-21-45)55-32-36-61-62-37-35-56(43-68(62)70-67(61)42-55)69-65-38-33-53(46-24-28-51(29-25-46)59-18-8-14-49-12-4-6-16-57(49)59)40-63(65)64-41-54(34-39-66(64)69)47-26-30-52(31-27-47)60-19-9-15-50-13-5-7-17-58(50)60/h1-43H,70H3/q-1. The fourth-order valence-corrected chi connectivity index (χ4v) is 14.6. The van der Waals surface area contributed by atoms with Gasteiger partial charge in [0, 0.05) is 0 Å². The van der Waals surface area contributed by atoms with Crippen molar-refractivity contribution in [2.24, 2.45) is 0 Å². The molecule has 2 heterocycles. The molecule has 1 nitrogen and oxygen atoms in total. The number of nitrogens with zero attached hydrogens (tertiary/aromatic N) is 1. The molecule has 0 aliphatic carbocycles. The van der Waals surface area contributed by atoms with E-state index in [1.807, 2.05) is 0 Å². The van der Waals surface area contributed by atoms with Crippen molar-refractivity contribution in [3.05, 3.63) is 261 Å². The van der Waals surface area contributed by atoms with Gasteiger partial charge in [-0.3, -0.25) is 0 Å². The molecule has 14 rings (SSSR count). The van der Waals surface area contributed by atoms with Crippen molar-refractivity contribution in [3.8, 4) is 83.6 Å². The predicted octanol–water partition coefficient (Wildman–Crippen LogP) is 15.9. The van der Waals surface area contributed by atoms with Gasteiger partial charge < -0.3 is 0 Å². The van der Waals surface area contributed by atoms with Crippen LogP contribution in [0.3, 0.4) is 0 Å². The molecule has 1 aliphatic rings. The summed E-state index contributed by atoms with van der Waals surface area (Å²) in [6, 6.07) is 97.1. The van der Waals surface area contributed by atoms with Crippen LogP contribution in [0.25, 0.3) is 127 Å². The third-order valence-corrected chi connectivity index (χ3v) is 18.0. The second-order valence-corrected chi connectivity index (χ2v) is 21.9. The summed E-state index contributed by atoms with van der Waals surface area (Å²) in [6.45, 7) is 0. The molecular formula is C68H46NSi-. The van der Waals surface area contributed by atoms with Gasteiger partial charge in [-0.1, -0.05) is 84.9 Å². The zero-order valence-corrected chi connectivity index (χ0v) is 40.8. The van der Waals surface area contributed by atoms with Crippen molar-refractivity contribution in [2.45, 2.75) is 0 Å². The summed E-state index contributed by atoms with van der Waals surface area (Å²) >= 11 is 0. The quantitative estimate of drug-likeness (QED) is 0.140. The second-order valence-electron chi connectivity index (χ2n) is 19.2. The molecule has 328 valence electrons. The number of benzene rings is 12. The SMILES string of the molecule is c1ccc(-c2ccc(-c3ccc4c(c3)[SiH3-]c3cc(-n5c6ccc(-c7ccc(-c8cccc9ccccc89)cc7)cc6c6cc(-c7ccc(-c8cccc9ccccc89)cc7)ccc65)ccc3-4)cc2)cc1. The van der Waals surface area contributed by atoms with Crippen molar-refractivity contribution in [1.82, 2.24) is 4.57 Å². The van der Waals surface area contributed by atoms with E-state index >= 15 is 0 Å². The molecule has 0 radical (unpaired) electrons. The molecule has 12 aromatic carbocycles. The summed E-state index contributed by atoms with van der Waals surface area (Å²) in [7, 11) is -1.36. The molecule has 70 heavy (non-hydrogen) atoms. The number of fused-ring (bicyclic) bond motifs is 8. The summed E-state index contributed by atoms with van der Waals surface area (Å²) in [5.74, 6) is 0. The van der Waals surface area contributed by atoms with Gasteiger partial charge in [0.05, 0.1) is 0 Å². The first kappa shape index (κ1) is 40.3.